The predicted molar refractivity (Wildman–Crippen MR) is 70.2 cm³/mol. The van der Waals surface area contributed by atoms with Crippen LogP contribution in [-0.4, -0.2) is 23.9 Å². The Morgan fingerprint density at radius 1 is 1.00 bits per heavy atom. The summed E-state index contributed by atoms with van der Waals surface area (Å²) in [4.78, 5) is 48.1. The van der Waals surface area contributed by atoms with Crippen LogP contribution in [0.25, 0.3) is 0 Å². The monoisotopic (exact) mass is 300 g/mol. The van der Waals surface area contributed by atoms with E-state index >= 15 is 0 Å². The van der Waals surface area contributed by atoms with Gasteiger partial charge >= 0.3 is 23.9 Å². The molecule has 112 valence electrons. The molecule has 0 radical (unpaired) electrons. The maximum Gasteiger partial charge on any atom is 0.322 e. The number of rotatable bonds is 1. The quantitative estimate of drug-likeness (QED) is 0.565. The van der Waals surface area contributed by atoms with Gasteiger partial charge in [-0.25, -0.2) is 0 Å². The molecule has 6 heteroatoms. The molecule has 0 N–H and O–H groups in total. The van der Waals surface area contributed by atoms with E-state index in [9.17, 15) is 19.2 Å². The van der Waals surface area contributed by atoms with Crippen molar-refractivity contribution in [2.45, 2.75) is 25.2 Å². The number of carbonyl (C=O) groups is 4. The second-order valence-corrected chi connectivity index (χ2v) is 5.93. The van der Waals surface area contributed by atoms with Crippen molar-refractivity contribution in [3.05, 3.63) is 35.4 Å². The average Bonchev–Trinajstić information content (AvgIpc) is 2.96. The fourth-order valence-electron chi connectivity index (χ4n) is 3.99. The predicted octanol–water partition coefficient (Wildman–Crippen LogP) is 0.876. The van der Waals surface area contributed by atoms with Crippen molar-refractivity contribution in [2.24, 2.45) is 11.3 Å². The Bertz CT molecular complexity index is 736. The van der Waals surface area contributed by atoms with Crippen LogP contribution < -0.4 is 0 Å². The summed E-state index contributed by atoms with van der Waals surface area (Å²) in [7, 11) is 0. The molecule has 4 rings (SSSR count). The lowest BCUT2D eigenvalue weighted by atomic mass is 9.59. The smallest absolute Gasteiger partial charge is 0.322 e. The molecule has 1 aromatic rings. The Hall–Kier alpha value is -2.50. The summed E-state index contributed by atoms with van der Waals surface area (Å²) in [6.07, 6.45) is 0.666. The molecule has 3 atom stereocenters. The molecule has 2 fully saturated rings. The van der Waals surface area contributed by atoms with Gasteiger partial charge in [-0.05, 0) is 24.0 Å². The highest BCUT2D eigenvalue weighted by molar-refractivity contribution is 6.07. The van der Waals surface area contributed by atoms with Crippen molar-refractivity contribution in [1.82, 2.24) is 0 Å². The van der Waals surface area contributed by atoms with Crippen LogP contribution in [0.4, 0.5) is 0 Å². The summed E-state index contributed by atoms with van der Waals surface area (Å²) in [5.74, 6) is -4.54. The standard InChI is InChI=1S/C16H12O6/c17-11-7-10(13(18)21-11)16-6-5-8-3-1-2-4-9(8)12(16)14(19)22-15(16)20/h1-4,10,12H,5-7H2. The van der Waals surface area contributed by atoms with Crippen molar-refractivity contribution in [3.8, 4) is 0 Å². The summed E-state index contributed by atoms with van der Waals surface area (Å²) in [5, 5.41) is 0. The number of fused-ring (bicyclic) bond motifs is 3. The molecule has 2 aliphatic heterocycles. The summed E-state index contributed by atoms with van der Waals surface area (Å²) in [6, 6.07) is 7.31. The molecular weight excluding hydrogens is 288 g/mol. The minimum absolute atomic E-state index is 0.181. The van der Waals surface area contributed by atoms with Crippen molar-refractivity contribution in [3.63, 3.8) is 0 Å². The van der Waals surface area contributed by atoms with E-state index in [1.165, 1.54) is 0 Å². The largest absolute Gasteiger partial charge is 0.393 e. The third-order valence-corrected chi connectivity index (χ3v) is 4.99. The van der Waals surface area contributed by atoms with E-state index in [2.05, 4.69) is 4.74 Å². The van der Waals surface area contributed by atoms with Crippen molar-refractivity contribution in [1.29, 1.82) is 0 Å². The zero-order valence-corrected chi connectivity index (χ0v) is 11.5. The van der Waals surface area contributed by atoms with Crippen molar-refractivity contribution < 1.29 is 28.7 Å². The topological polar surface area (TPSA) is 86.7 Å². The van der Waals surface area contributed by atoms with Crippen LogP contribution >= 0.6 is 0 Å². The number of ether oxygens (including phenoxy) is 2. The molecule has 1 aromatic carbocycles. The van der Waals surface area contributed by atoms with Crippen LogP contribution in [-0.2, 0) is 35.1 Å². The van der Waals surface area contributed by atoms with E-state index in [-0.39, 0.29) is 6.42 Å². The Morgan fingerprint density at radius 2 is 1.77 bits per heavy atom. The maximum absolute atomic E-state index is 12.4. The van der Waals surface area contributed by atoms with E-state index in [0.29, 0.717) is 18.4 Å². The number of benzene rings is 1. The number of carbonyl (C=O) groups excluding carboxylic acids is 4. The van der Waals surface area contributed by atoms with Crippen LogP contribution in [0, 0.1) is 11.3 Å². The first-order chi connectivity index (χ1) is 10.5. The number of hydrogen-bond donors (Lipinski definition) is 0. The van der Waals surface area contributed by atoms with Gasteiger partial charge < -0.3 is 9.47 Å². The summed E-state index contributed by atoms with van der Waals surface area (Å²) in [6.45, 7) is 0. The van der Waals surface area contributed by atoms with E-state index in [1.807, 2.05) is 12.1 Å². The third kappa shape index (κ3) is 1.49. The third-order valence-electron chi connectivity index (χ3n) is 4.99. The minimum Gasteiger partial charge on any atom is -0.393 e. The van der Waals surface area contributed by atoms with Crippen molar-refractivity contribution in [2.75, 3.05) is 0 Å². The average molecular weight is 300 g/mol. The van der Waals surface area contributed by atoms with Gasteiger partial charge in [0.15, 0.2) is 0 Å². The van der Waals surface area contributed by atoms with E-state index in [0.717, 1.165) is 5.56 Å². The number of aryl methyl sites for hydroxylation is 1. The Morgan fingerprint density at radius 3 is 2.50 bits per heavy atom. The molecular formula is C16H12O6. The lowest BCUT2D eigenvalue weighted by Crippen LogP contribution is -2.45. The molecule has 0 aromatic heterocycles. The lowest BCUT2D eigenvalue weighted by molar-refractivity contribution is -0.162. The zero-order valence-electron chi connectivity index (χ0n) is 11.5. The maximum atomic E-state index is 12.4. The van der Waals surface area contributed by atoms with Gasteiger partial charge in [0.2, 0.25) is 0 Å². The molecule has 6 nitrogen and oxygen atoms in total. The Balaban J connectivity index is 1.90. The SMILES string of the molecule is O=C1CC(C23CCc4ccccc4C2C(=O)OC3=O)C(=O)O1. The van der Waals surface area contributed by atoms with Crippen LogP contribution in [0.15, 0.2) is 24.3 Å². The van der Waals surface area contributed by atoms with Crippen LogP contribution in [0.1, 0.15) is 29.9 Å². The molecule has 2 heterocycles. The summed E-state index contributed by atoms with van der Waals surface area (Å²) < 4.78 is 9.47. The van der Waals surface area contributed by atoms with Gasteiger partial charge in [-0.1, -0.05) is 24.3 Å². The first-order valence-electron chi connectivity index (χ1n) is 7.12. The van der Waals surface area contributed by atoms with Gasteiger partial charge in [-0.2, -0.15) is 0 Å². The number of esters is 4. The fraction of sp³-hybridized carbons (Fsp3) is 0.375. The Kier molecular flexibility index (Phi) is 2.55. The highest BCUT2D eigenvalue weighted by Gasteiger charge is 2.67. The first-order valence-corrected chi connectivity index (χ1v) is 7.12. The first kappa shape index (κ1) is 13.2. The molecule has 0 amide bonds. The fourth-order valence-corrected chi connectivity index (χ4v) is 3.99. The minimum atomic E-state index is -1.31. The van der Waals surface area contributed by atoms with Gasteiger partial charge in [-0.3, -0.25) is 19.2 Å². The number of hydrogen-bond acceptors (Lipinski definition) is 6. The molecule has 3 aliphatic rings. The van der Waals surface area contributed by atoms with Gasteiger partial charge in [0.1, 0.15) is 5.41 Å². The summed E-state index contributed by atoms with van der Waals surface area (Å²) >= 11 is 0. The van der Waals surface area contributed by atoms with Crippen LogP contribution in [0.5, 0.6) is 0 Å². The van der Waals surface area contributed by atoms with Gasteiger partial charge in [-0.15, -0.1) is 0 Å². The second-order valence-electron chi connectivity index (χ2n) is 5.93. The number of cyclic esters (lactones) is 4. The van der Waals surface area contributed by atoms with Gasteiger partial charge in [0, 0.05) is 0 Å². The molecule has 2 saturated heterocycles. The lowest BCUT2D eigenvalue weighted by Gasteiger charge is -2.37. The highest BCUT2D eigenvalue weighted by atomic mass is 16.6. The van der Waals surface area contributed by atoms with Crippen LogP contribution in [0.2, 0.25) is 0 Å². The Labute approximate surface area is 125 Å². The molecule has 3 unspecified atom stereocenters. The summed E-state index contributed by atoms with van der Waals surface area (Å²) in [5.41, 5.74) is 0.360. The normalized spacial score (nSPS) is 33.3. The van der Waals surface area contributed by atoms with Gasteiger partial charge in [0.25, 0.3) is 0 Å². The second kappa shape index (κ2) is 4.25. The van der Waals surface area contributed by atoms with Crippen LogP contribution in [0.3, 0.4) is 0 Å². The van der Waals surface area contributed by atoms with E-state index in [1.54, 1.807) is 12.1 Å². The zero-order chi connectivity index (χ0) is 15.5. The molecule has 0 spiro atoms. The molecule has 0 bridgehead atoms. The van der Waals surface area contributed by atoms with Crippen molar-refractivity contribution >= 4 is 23.9 Å². The highest BCUT2D eigenvalue weighted by Crippen LogP contribution is 2.57. The van der Waals surface area contributed by atoms with Gasteiger partial charge in [0.05, 0.1) is 18.3 Å². The van der Waals surface area contributed by atoms with E-state index in [4.69, 9.17) is 4.74 Å². The molecule has 1 aliphatic carbocycles. The molecule has 22 heavy (non-hydrogen) atoms. The van der Waals surface area contributed by atoms with E-state index < -0.39 is 41.1 Å². The molecule has 0 saturated carbocycles.